The summed E-state index contributed by atoms with van der Waals surface area (Å²) < 4.78 is 0. The summed E-state index contributed by atoms with van der Waals surface area (Å²) >= 11 is 0. The number of nitrogens with one attached hydrogen (secondary N) is 1. The van der Waals surface area contributed by atoms with Crippen LogP contribution in [0.5, 0.6) is 0 Å². The molecule has 1 atom stereocenters. The smallest absolute Gasteiger partial charge is 0.303 e. The average Bonchev–Trinajstić information content (AvgIpc) is 2.54. The van der Waals surface area contributed by atoms with E-state index in [2.05, 4.69) is 41.7 Å². The summed E-state index contributed by atoms with van der Waals surface area (Å²) in [5, 5.41) is 14.9. The minimum Gasteiger partial charge on any atom is -0.481 e. The van der Waals surface area contributed by atoms with Gasteiger partial charge in [-0.15, -0.1) is 0 Å². The average molecular weight is 295 g/mol. The summed E-state index contributed by atoms with van der Waals surface area (Å²) in [7, 11) is 0. The van der Waals surface area contributed by atoms with Crippen molar-refractivity contribution in [1.82, 2.24) is 5.32 Å². The topological polar surface area (TPSA) is 49.3 Å². The lowest BCUT2D eigenvalue weighted by molar-refractivity contribution is -0.137. The second-order valence-corrected chi connectivity index (χ2v) is 5.92. The van der Waals surface area contributed by atoms with Crippen LogP contribution in [0.1, 0.15) is 30.7 Å². The Labute approximate surface area is 130 Å². The second kappa shape index (κ2) is 6.75. The van der Waals surface area contributed by atoms with Crippen molar-refractivity contribution in [2.24, 2.45) is 0 Å². The molecular weight excluding hydrogens is 274 g/mol. The van der Waals surface area contributed by atoms with Crippen LogP contribution in [0.2, 0.25) is 0 Å². The maximum Gasteiger partial charge on any atom is 0.303 e. The molecule has 1 aliphatic rings. The third kappa shape index (κ3) is 3.55. The number of hydrogen-bond acceptors (Lipinski definition) is 2. The van der Waals surface area contributed by atoms with E-state index in [4.69, 9.17) is 0 Å². The van der Waals surface area contributed by atoms with Crippen molar-refractivity contribution in [2.45, 2.75) is 25.2 Å². The van der Waals surface area contributed by atoms with Crippen LogP contribution < -0.4 is 5.32 Å². The van der Waals surface area contributed by atoms with Crippen LogP contribution in [0, 0.1) is 0 Å². The molecule has 22 heavy (non-hydrogen) atoms. The molecule has 0 spiro atoms. The summed E-state index contributed by atoms with van der Waals surface area (Å²) in [6.07, 6.45) is 4.25. The van der Waals surface area contributed by atoms with Crippen LogP contribution >= 0.6 is 0 Å². The molecule has 3 heteroatoms. The number of carboxylic acid groups (broad SMARTS) is 1. The molecule has 1 unspecified atom stereocenters. The Morgan fingerprint density at radius 1 is 1.18 bits per heavy atom. The Bertz CT molecular complexity index is 705. The predicted octanol–water partition coefficient (Wildman–Crippen LogP) is 3.71. The molecule has 114 valence electrons. The van der Waals surface area contributed by atoms with Crippen molar-refractivity contribution in [1.29, 1.82) is 0 Å². The summed E-state index contributed by atoms with van der Waals surface area (Å²) in [5.74, 6) is -0.681. The minimum atomic E-state index is -0.729. The largest absolute Gasteiger partial charge is 0.481 e. The van der Waals surface area contributed by atoms with Crippen molar-refractivity contribution in [2.75, 3.05) is 13.1 Å². The molecule has 3 nitrogen and oxygen atoms in total. The van der Waals surface area contributed by atoms with Gasteiger partial charge in [0.05, 0.1) is 6.42 Å². The van der Waals surface area contributed by atoms with E-state index in [1.165, 1.54) is 16.3 Å². The van der Waals surface area contributed by atoms with Crippen LogP contribution in [-0.2, 0) is 4.79 Å². The third-order valence-corrected chi connectivity index (χ3v) is 4.33. The highest BCUT2D eigenvalue weighted by atomic mass is 16.4. The molecule has 0 saturated heterocycles. The standard InChI is InChI=1S/C19H21NO2/c21-19(22)13-18(11-14-7-9-20-10-8-14)17-6-5-15-3-1-2-4-16(15)12-17/h1-7,12,18,20H,8-11,13H2,(H,21,22). The quantitative estimate of drug-likeness (QED) is 0.827. The van der Waals surface area contributed by atoms with Gasteiger partial charge in [0.2, 0.25) is 0 Å². The first kappa shape index (κ1) is 14.8. The Kier molecular flexibility index (Phi) is 4.54. The molecule has 2 N–H and O–H groups in total. The second-order valence-electron chi connectivity index (χ2n) is 5.92. The van der Waals surface area contributed by atoms with Crippen molar-refractivity contribution in [3.05, 3.63) is 59.7 Å². The first-order chi connectivity index (χ1) is 10.7. The number of fused-ring (bicyclic) bond motifs is 1. The molecular formula is C19H21NO2. The maximum absolute atomic E-state index is 11.3. The maximum atomic E-state index is 11.3. The number of carboxylic acids is 1. The normalized spacial score (nSPS) is 16.3. The van der Waals surface area contributed by atoms with Gasteiger partial charge in [-0.05, 0) is 41.6 Å². The summed E-state index contributed by atoms with van der Waals surface area (Å²) in [6, 6.07) is 14.5. The zero-order valence-electron chi connectivity index (χ0n) is 12.6. The first-order valence-corrected chi connectivity index (χ1v) is 7.81. The van der Waals surface area contributed by atoms with Crippen molar-refractivity contribution >= 4 is 16.7 Å². The van der Waals surface area contributed by atoms with E-state index < -0.39 is 5.97 Å². The molecule has 0 bridgehead atoms. The fourth-order valence-corrected chi connectivity index (χ4v) is 3.15. The van der Waals surface area contributed by atoms with Crippen molar-refractivity contribution < 1.29 is 9.90 Å². The monoisotopic (exact) mass is 295 g/mol. The van der Waals surface area contributed by atoms with Gasteiger partial charge in [0.1, 0.15) is 0 Å². The lowest BCUT2D eigenvalue weighted by Gasteiger charge is -2.21. The van der Waals surface area contributed by atoms with E-state index in [9.17, 15) is 9.90 Å². The Morgan fingerprint density at radius 2 is 2.00 bits per heavy atom. The molecule has 3 rings (SSSR count). The fraction of sp³-hybridized carbons (Fsp3) is 0.316. The van der Waals surface area contributed by atoms with Gasteiger partial charge in [0.15, 0.2) is 0 Å². The highest BCUT2D eigenvalue weighted by Crippen LogP contribution is 2.31. The highest BCUT2D eigenvalue weighted by molar-refractivity contribution is 5.83. The zero-order valence-corrected chi connectivity index (χ0v) is 12.6. The Hall–Kier alpha value is -2.13. The molecule has 1 aliphatic heterocycles. The molecule has 0 aromatic heterocycles. The van der Waals surface area contributed by atoms with Gasteiger partial charge in [-0.25, -0.2) is 0 Å². The number of rotatable bonds is 5. The molecule has 0 radical (unpaired) electrons. The summed E-state index contributed by atoms with van der Waals surface area (Å²) in [6.45, 7) is 1.89. The van der Waals surface area contributed by atoms with E-state index >= 15 is 0 Å². The number of carbonyl (C=O) groups is 1. The van der Waals surface area contributed by atoms with Gasteiger partial charge in [0, 0.05) is 6.54 Å². The van der Waals surface area contributed by atoms with Crippen LogP contribution in [0.4, 0.5) is 0 Å². The molecule has 1 heterocycles. The number of benzene rings is 2. The molecule has 2 aromatic rings. The lowest BCUT2D eigenvalue weighted by Crippen LogP contribution is -2.21. The highest BCUT2D eigenvalue weighted by Gasteiger charge is 2.18. The van der Waals surface area contributed by atoms with E-state index in [0.29, 0.717) is 0 Å². The predicted molar refractivity (Wildman–Crippen MR) is 89.1 cm³/mol. The van der Waals surface area contributed by atoms with E-state index in [-0.39, 0.29) is 12.3 Å². The zero-order chi connectivity index (χ0) is 15.4. The van der Waals surface area contributed by atoms with Gasteiger partial charge >= 0.3 is 5.97 Å². The van der Waals surface area contributed by atoms with Crippen LogP contribution in [0.3, 0.4) is 0 Å². The lowest BCUT2D eigenvalue weighted by atomic mass is 9.86. The summed E-state index contributed by atoms with van der Waals surface area (Å²) in [5.41, 5.74) is 2.50. The van der Waals surface area contributed by atoms with Crippen molar-refractivity contribution in [3.8, 4) is 0 Å². The Morgan fingerprint density at radius 3 is 2.73 bits per heavy atom. The van der Waals surface area contributed by atoms with Gasteiger partial charge in [-0.2, -0.15) is 0 Å². The molecule has 0 amide bonds. The van der Waals surface area contributed by atoms with Crippen LogP contribution in [0.25, 0.3) is 10.8 Å². The molecule has 0 saturated carbocycles. The van der Waals surface area contributed by atoms with E-state index in [1.807, 2.05) is 12.1 Å². The molecule has 0 fully saturated rings. The number of aliphatic carboxylic acids is 1. The molecule has 0 aliphatic carbocycles. The van der Waals surface area contributed by atoms with Crippen molar-refractivity contribution in [3.63, 3.8) is 0 Å². The van der Waals surface area contributed by atoms with E-state index in [1.54, 1.807) is 0 Å². The van der Waals surface area contributed by atoms with Gasteiger partial charge in [0.25, 0.3) is 0 Å². The van der Waals surface area contributed by atoms with Gasteiger partial charge in [-0.1, -0.05) is 54.1 Å². The molecule has 2 aromatic carbocycles. The minimum absolute atomic E-state index is 0.0476. The Balaban J connectivity index is 1.88. The van der Waals surface area contributed by atoms with Gasteiger partial charge in [-0.3, -0.25) is 4.79 Å². The first-order valence-electron chi connectivity index (χ1n) is 7.81. The fourth-order valence-electron chi connectivity index (χ4n) is 3.15. The summed E-state index contributed by atoms with van der Waals surface area (Å²) in [4.78, 5) is 11.3. The van der Waals surface area contributed by atoms with E-state index in [0.717, 1.165) is 31.5 Å². The number of hydrogen-bond donors (Lipinski definition) is 2. The van der Waals surface area contributed by atoms with Gasteiger partial charge < -0.3 is 10.4 Å². The third-order valence-electron chi connectivity index (χ3n) is 4.33. The van der Waals surface area contributed by atoms with Crippen LogP contribution in [-0.4, -0.2) is 24.2 Å². The SMILES string of the molecule is O=C(O)CC(CC1=CCNCC1)c1ccc2ccccc2c1. The van der Waals surface area contributed by atoms with Crippen LogP contribution in [0.15, 0.2) is 54.1 Å².